The van der Waals surface area contributed by atoms with Crippen molar-refractivity contribution in [1.82, 2.24) is 24.7 Å². The quantitative estimate of drug-likeness (QED) is 0.218. The first kappa shape index (κ1) is 29.1. The third-order valence-electron chi connectivity index (χ3n) is 7.42. The molecule has 1 atom stereocenters. The van der Waals surface area contributed by atoms with Gasteiger partial charge in [-0.05, 0) is 24.6 Å². The maximum atomic E-state index is 13.0. The molecule has 2 fully saturated rings. The van der Waals surface area contributed by atoms with E-state index in [1.54, 1.807) is 6.07 Å². The van der Waals surface area contributed by atoms with Gasteiger partial charge in [0.15, 0.2) is 5.16 Å². The average molecular weight is 591 g/mol. The molecule has 0 aliphatic carbocycles. The number of halogens is 1. The predicted octanol–water partition coefficient (Wildman–Crippen LogP) is 4.43. The Bertz CT molecular complexity index is 1350. The lowest BCUT2D eigenvalue weighted by Gasteiger charge is -2.40. The van der Waals surface area contributed by atoms with Crippen molar-refractivity contribution in [3.63, 3.8) is 0 Å². The molecule has 2 amide bonds. The van der Waals surface area contributed by atoms with Gasteiger partial charge in [0.25, 0.3) is 5.91 Å². The molecule has 3 heterocycles. The molecule has 5 rings (SSSR count). The molecule has 41 heavy (non-hydrogen) atoms. The Hall–Kier alpha value is -3.40. The van der Waals surface area contributed by atoms with E-state index >= 15 is 0 Å². The second-order valence-corrected chi connectivity index (χ2v) is 11.6. The van der Waals surface area contributed by atoms with Gasteiger partial charge in [0.05, 0.1) is 5.75 Å². The Morgan fingerprint density at radius 1 is 0.951 bits per heavy atom. The molecule has 1 aromatic heterocycles. The topological polar surface area (TPSA) is 72.9 Å². The van der Waals surface area contributed by atoms with Crippen LogP contribution in [0.2, 0.25) is 5.15 Å². The van der Waals surface area contributed by atoms with Gasteiger partial charge in [-0.3, -0.25) is 14.5 Å². The van der Waals surface area contributed by atoms with E-state index in [2.05, 4.69) is 39.1 Å². The van der Waals surface area contributed by atoms with Gasteiger partial charge in [-0.15, -0.1) is 0 Å². The summed E-state index contributed by atoms with van der Waals surface area (Å²) in [6, 6.07) is 21.4. The first-order valence-electron chi connectivity index (χ1n) is 14.0. The van der Waals surface area contributed by atoms with E-state index in [9.17, 15) is 9.59 Å². The Balaban J connectivity index is 1.09. The standard InChI is InChI=1S/C31H35ClN6O2S/c1-24-22-37(19-20-38(24)30(40)26-12-6-3-7-13-26)28-21-27(32)33-31(34-28)41-23-29(39)36-17-15-35(16-18-36)14-8-11-25-9-4-2-5-10-25/h2-13,21,24H,14-20,22-23H2,1H3. The van der Waals surface area contributed by atoms with Crippen LogP contribution in [0.4, 0.5) is 5.82 Å². The largest absolute Gasteiger partial charge is 0.353 e. The van der Waals surface area contributed by atoms with Crippen LogP contribution in [0.1, 0.15) is 22.8 Å². The second-order valence-electron chi connectivity index (χ2n) is 10.3. The van der Waals surface area contributed by atoms with Crippen molar-refractivity contribution in [3.05, 3.63) is 89.1 Å². The number of thioether (sulfide) groups is 1. The average Bonchev–Trinajstić information content (AvgIpc) is 3.00. The number of benzene rings is 2. The molecule has 0 radical (unpaired) electrons. The molecule has 0 N–H and O–H groups in total. The van der Waals surface area contributed by atoms with E-state index in [1.807, 2.05) is 65.3 Å². The Kier molecular flexibility index (Phi) is 9.92. The zero-order valence-electron chi connectivity index (χ0n) is 23.2. The second kappa shape index (κ2) is 14.0. The number of carbonyl (C=O) groups is 2. The maximum absolute atomic E-state index is 13.0. The fourth-order valence-electron chi connectivity index (χ4n) is 5.13. The normalized spacial score (nSPS) is 18.2. The van der Waals surface area contributed by atoms with Crippen LogP contribution < -0.4 is 4.90 Å². The maximum Gasteiger partial charge on any atom is 0.254 e. The van der Waals surface area contributed by atoms with E-state index in [4.69, 9.17) is 16.6 Å². The van der Waals surface area contributed by atoms with Crippen LogP contribution in [0, 0.1) is 0 Å². The van der Waals surface area contributed by atoms with Crippen LogP contribution in [0.25, 0.3) is 6.08 Å². The summed E-state index contributed by atoms with van der Waals surface area (Å²) in [5.41, 5.74) is 1.89. The van der Waals surface area contributed by atoms with E-state index < -0.39 is 0 Å². The summed E-state index contributed by atoms with van der Waals surface area (Å²) >= 11 is 7.68. The lowest BCUT2D eigenvalue weighted by Crippen LogP contribution is -2.54. The van der Waals surface area contributed by atoms with E-state index in [1.165, 1.54) is 17.3 Å². The van der Waals surface area contributed by atoms with Gasteiger partial charge in [-0.25, -0.2) is 9.97 Å². The number of rotatable bonds is 8. The number of aromatic nitrogens is 2. The van der Waals surface area contributed by atoms with Crippen molar-refractivity contribution in [2.75, 3.05) is 63.0 Å². The molecule has 1 unspecified atom stereocenters. The molecule has 0 spiro atoms. The van der Waals surface area contributed by atoms with Gasteiger partial charge in [0.2, 0.25) is 5.91 Å². The highest BCUT2D eigenvalue weighted by atomic mass is 35.5. The third kappa shape index (κ3) is 7.87. The van der Waals surface area contributed by atoms with Gasteiger partial charge >= 0.3 is 0 Å². The van der Waals surface area contributed by atoms with Crippen molar-refractivity contribution >= 4 is 47.1 Å². The highest BCUT2D eigenvalue weighted by Crippen LogP contribution is 2.25. The van der Waals surface area contributed by atoms with Crippen LogP contribution in [0.15, 0.2) is 78.0 Å². The smallest absolute Gasteiger partial charge is 0.254 e. The Morgan fingerprint density at radius 2 is 1.66 bits per heavy atom. The number of nitrogens with zero attached hydrogens (tertiary/aromatic N) is 6. The molecule has 0 saturated carbocycles. The first-order valence-corrected chi connectivity index (χ1v) is 15.3. The summed E-state index contributed by atoms with van der Waals surface area (Å²) < 4.78 is 0. The van der Waals surface area contributed by atoms with Crippen molar-refractivity contribution in [2.24, 2.45) is 0 Å². The van der Waals surface area contributed by atoms with Gasteiger partial charge in [0.1, 0.15) is 11.0 Å². The van der Waals surface area contributed by atoms with Crippen molar-refractivity contribution < 1.29 is 9.59 Å². The number of hydrogen-bond donors (Lipinski definition) is 0. The van der Waals surface area contributed by atoms with Crippen molar-refractivity contribution in [3.8, 4) is 0 Å². The Morgan fingerprint density at radius 3 is 2.37 bits per heavy atom. The summed E-state index contributed by atoms with van der Waals surface area (Å²) in [5.74, 6) is 1.11. The van der Waals surface area contributed by atoms with Crippen LogP contribution in [0.5, 0.6) is 0 Å². The molecular weight excluding hydrogens is 556 g/mol. The summed E-state index contributed by atoms with van der Waals surface area (Å²) in [6.45, 7) is 7.92. The SMILES string of the molecule is CC1CN(c2cc(Cl)nc(SCC(=O)N3CCN(CC=Cc4ccccc4)CC3)n2)CCN1C(=O)c1ccccc1. The number of anilines is 1. The lowest BCUT2D eigenvalue weighted by atomic mass is 10.1. The molecule has 2 aromatic carbocycles. The van der Waals surface area contributed by atoms with Gasteiger partial charge in [-0.2, -0.15) is 0 Å². The molecule has 2 saturated heterocycles. The molecule has 3 aromatic rings. The summed E-state index contributed by atoms with van der Waals surface area (Å²) in [5, 5.41) is 0.832. The number of piperazine rings is 2. The number of amides is 2. The van der Waals surface area contributed by atoms with Gasteiger partial charge in [-0.1, -0.05) is 84.0 Å². The highest BCUT2D eigenvalue weighted by molar-refractivity contribution is 7.99. The van der Waals surface area contributed by atoms with Crippen LogP contribution >= 0.6 is 23.4 Å². The molecule has 0 bridgehead atoms. The monoisotopic (exact) mass is 590 g/mol. The minimum atomic E-state index is 0.00961. The lowest BCUT2D eigenvalue weighted by molar-refractivity contribution is -0.130. The number of hydrogen-bond acceptors (Lipinski definition) is 7. The molecular formula is C31H35ClN6O2S. The molecule has 214 valence electrons. The Labute approximate surface area is 251 Å². The molecule has 2 aliphatic rings. The third-order valence-corrected chi connectivity index (χ3v) is 8.44. The molecule has 10 heteroatoms. The first-order chi connectivity index (χ1) is 20.0. The van der Waals surface area contributed by atoms with Crippen LogP contribution in [-0.4, -0.2) is 101 Å². The van der Waals surface area contributed by atoms with Crippen molar-refractivity contribution in [1.29, 1.82) is 0 Å². The fourth-order valence-corrected chi connectivity index (χ4v) is 6.11. The number of carbonyl (C=O) groups excluding carboxylic acids is 2. The van der Waals surface area contributed by atoms with E-state index in [0.717, 1.165) is 25.5 Å². The van der Waals surface area contributed by atoms with Crippen LogP contribution in [-0.2, 0) is 4.79 Å². The minimum absolute atomic E-state index is 0.00961. The molecule has 8 nitrogen and oxygen atoms in total. The molecule has 2 aliphatic heterocycles. The zero-order valence-corrected chi connectivity index (χ0v) is 24.8. The van der Waals surface area contributed by atoms with Gasteiger partial charge in [0, 0.05) is 70.0 Å². The highest BCUT2D eigenvalue weighted by Gasteiger charge is 2.29. The fraction of sp³-hybridized carbons (Fsp3) is 0.355. The van der Waals surface area contributed by atoms with E-state index in [0.29, 0.717) is 48.6 Å². The predicted molar refractivity (Wildman–Crippen MR) is 165 cm³/mol. The van der Waals surface area contributed by atoms with Gasteiger partial charge < -0.3 is 14.7 Å². The van der Waals surface area contributed by atoms with Crippen molar-refractivity contribution in [2.45, 2.75) is 18.1 Å². The summed E-state index contributed by atoms with van der Waals surface area (Å²) in [4.78, 5) is 43.3. The van der Waals surface area contributed by atoms with E-state index in [-0.39, 0.29) is 23.6 Å². The summed E-state index contributed by atoms with van der Waals surface area (Å²) in [6.07, 6.45) is 4.32. The summed E-state index contributed by atoms with van der Waals surface area (Å²) in [7, 11) is 0. The zero-order chi connectivity index (χ0) is 28.6. The minimum Gasteiger partial charge on any atom is -0.353 e. The van der Waals surface area contributed by atoms with Crippen LogP contribution in [0.3, 0.4) is 0 Å².